The molecule has 34 heavy (non-hydrogen) atoms. The number of amides is 2. The van der Waals surface area contributed by atoms with Crippen molar-refractivity contribution in [2.24, 2.45) is 0 Å². The fourth-order valence-electron chi connectivity index (χ4n) is 4.37. The summed E-state index contributed by atoms with van der Waals surface area (Å²) in [7, 11) is 3.13. The molecule has 9 nitrogen and oxygen atoms in total. The van der Waals surface area contributed by atoms with E-state index in [2.05, 4.69) is 5.32 Å². The van der Waals surface area contributed by atoms with Crippen LogP contribution in [0.5, 0.6) is 11.5 Å². The number of nitrogens with zero attached hydrogens (tertiary/aromatic N) is 4. The second kappa shape index (κ2) is 10.5. The van der Waals surface area contributed by atoms with Gasteiger partial charge in [-0.1, -0.05) is 30.3 Å². The summed E-state index contributed by atoms with van der Waals surface area (Å²) < 4.78 is 13.9. The first kappa shape index (κ1) is 23.4. The van der Waals surface area contributed by atoms with Gasteiger partial charge in [0.25, 0.3) is 0 Å². The number of hydrogen-bond donors (Lipinski definition) is 1. The average Bonchev–Trinajstić information content (AvgIpc) is 3.19. The average molecular weight is 466 g/mol. The summed E-state index contributed by atoms with van der Waals surface area (Å²) in [6, 6.07) is 15.0. The Morgan fingerprint density at radius 3 is 2.41 bits per heavy atom. The minimum Gasteiger partial charge on any atom is -0.493 e. The zero-order chi connectivity index (χ0) is 24.1. The number of urea groups is 1. The predicted octanol–water partition coefficient (Wildman–Crippen LogP) is 3.54. The highest BCUT2D eigenvalue weighted by molar-refractivity contribution is 5.89. The van der Waals surface area contributed by atoms with E-state index >= 15 is 0 Å². The highest BCUT2D eigenvalue weighted by Crippen LogP contribution is 2.30. The SMILES string of the molecule is CCn1c(C2CCN(C(=O)Nc3ccc(OC)c(OC)c3)CC2)nn(Cc2ccccc2)c1=O. The summed E-state index contributed by atoms with van der Waals surface area (Å²) >= 11 is 0. The van der Waals surface area contributed by atoms with Crippen LogP contribution in [0, 0.1) is 0 Å². The maximum Gasteiger partial charge on any atom is 0.346 e. The van der Waals surface area contributed by atoms with Gasteiger partial charge >= 0.3 is 11.7 Å². The first-order chi connectivity index (χ1) is 16.5. The Kier molecular flexibility index (Phi) is 7.20. The molecule has 0 radical (unpaired) electrons. The Labute approximate surface area is 198 Å². The lowest BCUT2D eigenvalue weighted by Crippen LogP contribution is -2.41. The van der Waals surface area contributed by atoms with Gasteiger partial charge in [-0.2, -0.15) is 5.10 Å². The molecule has 4 rings (SSSR count). The number of nitrogens with one attached hydrogen (secondary N) is 1. The molecule has 0 bridgehead atoms. The van der Waals surface area contributed by atoms with Crippen molar-refractivity contribution in [3.63, 3.8) is 0 Å². The molecule has 1 aromatic heterocycles. The first-order valence-electron chi connectivity index (χ1n) is 11.5. The van der Waals surface area contributed by atoms with E-state index in [-0.39, 0.29) is 17.6 Å². The number of benzene rings is 2. The van der Waals surface area contributed by atoms with Crippen molar-refractivity contribution in [1.29, 1.82) is 0 Å². The van der Waals surface area contributed by atoms with Crippen molar-refractivity contribution in [1.82, 2.24) is 19.2 Å². The van der Waals surface area contributed by atoms with Crippen LogP contribution in [0.1, 0.15) is 37.1 Å². The van der Waals surface area contributed by atoms with Gasteiger partial charge in [-0.25, -0.2) is 14.3 Å². The Bertz CT molecular complexity index is 1180. The summed E-state index contributed by atoms with van der Waals surface area (Å²) in [5.74, 6) is 2.11. The standard InChI is InChI=1S/C25H31N5O4/c1-4-29-23(27-30(25(29)32)17-18-8-6-5-7-9-18)19-12-14-28(15-13-19)24(31)26-20-10-11-21(33-2)22(16-20)34-3/h5-11,16,19H,4,12-15,17H2,1-3H3,(H,26,31). The van der Waals surface area contributed by atoms with Crippen molar-refractivity contribution in [2.75, 3.05) is 32.6 Å². The van der Waals surface area contributed by atoms with Crippen LogP contribution < -0.4 is 20.5 Å². The summed E-state index contributed by atoms with van der Waals surface area (Å²) in [5, 5.41) is 7.63. The Morgan fingerprint density at radius 1 is 1.06 bits per heavy atom. The third kappa shape index (κ3) is 4.93. The molecule has 9 heteroatoms. The molecule has 2 heterocycles. The van der Waals surface area contributed by atoms with Gasteiger partial charge in [-0.15, -0.1) is 0 Å². The third-order valence-electron chi connectivity index (χ3n) is 6.22. The van der Waals surface area contributed by atoms with Crippen molar-refractivity contribution < 1.29 is 14.3 Å². The van der Waals surface area contributed by atoms with Gasteiger partial charge in [-0.05, 0) is 37.5 Å². The maximum absolute atomic E-state index is 12.9. The molecule has 0 aliphatic carbocycles. The minimum absolute atomic E-state index is 0.0880. The molecule has 0 spiro atoms. The number of aromatic nitrogens is 3. The lowest BCUT2D eigenvalue weighted by atomic mass is 9.96. The topological polar surface area (TPSA) is 90.6 Å². The van der Waals surface area contributed by atoms with Crippen LogP contribution >= 0.6 is 0 Å². The third-order valence-corrected chi connectivity index (χ3v) is 6.22. The predicted molar refractivity (Wildman–Crippen MR) is 130 cm³/mol. The molecule has 0 saturated carbocycles. The summed E-state index contributed by atoms with van der Waals surface area (Å²) in [6.45, 7) is 4.17. The van der Waals surface area contributed by atoms with E-state index in [0.717, 1.165) is 24.2 Å². The highest BCUT2D eigenvalue weighted by atomic mass is 16.5. The number of hydrogen-bond acceptors (Lipinski definition) is 5. The number of methoxy groups -OCH3 is 2. The molecular formula is C25H31N5O4. The van der Waals surface area contributed by atoms with E-state index in [0.29, 0.717) is 43.4 Å². The lowest BCUT2D eigenvalue weighted by Gasteiger charge is -2.31. The van der Waals surface area contributed by atoms with Crippen molar-refractivity contribution in [3.05, 3.63) is 70.4 Å². The van der Waals surface area contributed by atoms with Gasteiger partial charge in [0.05, 0.1) is 20.8 Å². The molecule has 2 amide bonds. The molecule has 1 fully saturated rings. The molecule has 0 unspecified atom stereocenters. The Morgan fingerprint density at radius 2 is 1.76 bits per heavy atom. The minimum atomic E-state index is -0.159. The maximum atomic E-state index is 12.9. The van der Waals surface area contributed by atoms with E-state index < -0.39 is 0 Å². The van der Waals surface area contributed by atoms with Gasteiger partial charge in [0.1, 0.15) is 5.82 Å². The van der Waals surface area contributed by atoms with E-state index in [1.807, 2.05) is 37.3 Å². The molecule has 1 aliphatic rings. The number of ether oxygens (including phenoxy) is 2. The zero-order valence-electron chi connectivity index (χ0n) is 19.9. The van der Waals surface area contributed by atoms with Crippen molar-refractivity contribution in [2.45, 2.75) is 38.8 Å². The molecular weight excluding hydrogens is 434 g/mol. The molecule has 1 saturated heterocycles. The number of rotatable bonds is 7. The summed E-state index contributed by atoms with van der Waals surface area (Å²) in [4.78, 5) is 27.5. The summed E-state index contributed by atoms with van der Waals surface area (Å²) in [6.07, 6.45) is 1.50. The van der Waals surface area contributed by atoms with E-state index in [4.69, 9.17) is 14.6 Å². The monoisotopic (exact) mass is 465 g/mol. The second-order valence-corrected chi connectivity index (χ2v) is 8.29. The first-order valence-corrected chi connectivity index (χ1v) is 11.5. The van der Waals surface area contributed by atoms with Gasteiger partial charge in [-0.3, -0.25) is 4.57 Å². The van der Waals surface area contributed by atoms with E-state index in [9.17, 15) is 9.59 Å². The molecule has 1 N–H and O–H groups in total. The van der Waals surface area contributed by atoms with Crippen LogP contribution in [0.15, 0.2) is 53.3 Å². The molecule has 2 aromatic carbocycles. The number of likely N-dealkylation sites (tertiary alicyclic amines) is 1. The van der Waals surface area contributed by atoms with Crippen molar-refractivity contribution >= 4 is 11.7 Å². The van der Waals surface area contributed by atoms with E-state index in [1.54, 1.807) is 46.6 Å². The van der Waals surface area contributed by atoms with Gasteiger partial charge in [0, 0.05) is 37.3 Å². The Balaban J connectivity index is 1.41. The van der Waals surface area contributed by atoms with Crippen LogP contribution in [-0.4, -0.2) is 52.6 Å². The second-order valence-electron chi connectivity index (χ2n) is 8.29. The number of carbonyl (C=O) groups is 1. The fourth-order valence-corrected chi connectivity index (χ4v) is 4.37. The summed E-state index contributed by atoms with van der Waals surface area (Å²) in [5.41, 5.74) is 1.60. The number of piperidine rings is 1. The smallest absolute Gasteiger partial charge is 0.346 e. The number of anilines is 1. The Hall–Kier alpha value is -3.75. The van der Waals surface area contributed by atoms with E-state index in [1.165, 1.54) is 0 Å². The zero-order valence-corrected chi connectivity index (χ0v) is 19.9. The largest absolute Gasteiger partial charge is 0.493 e. The quantitative estimate of drug-likeness (QED) is 0.576. The molecule has 3 aromatic rings. The van der Waals surface area contributed by atoms with Gasteiger partial charge in [0.15, 0.2) is 11.5 Å². The highest BCUT2D eigenvalue weighted by Gasteiger charge is 2.28. The molecule has 1 aliphatic heterocycles. The molecule has 0 atom stereocenters. The van der Waals surface area contributed by atoms with Crippen LogP contribution in [-0.2, 0) is 13.1 Å². The van der Waals surface area contributed by atoms with Gasteiger partial charge < -0.3 is 19.7 Å². The van der Waals surface area contributed by atoms with Crippen LogP contribution in [0.3, 0.4) is 0 Å². The van der Waals surface area contributed by atoms with Crippen LogP contribution in [0.25, 0.3) is 0 Å². The van der Waals surface area contributed by atoms with Crippen LogP contribution in [0.2, 0.25) is 0 Å². The molecule has 180 valence electrons. The van der Waals surface area contributed by atoms with Crippen molar-refractivity contribution in [3.8, 4) is 11.5 Å². The van der Waals surface area contributed by atoms with Gasteiger partial charge in [0.2, 0.25) is 0 Å². The number of carbonyl (C=O) groups excluding carboxylic acids is 1. The normalized spacial score (nSPS) is 14.1. The van der Waals surface area contributed by atoms with Crippen LogP contribution in [0.4, 0.5) is 10.5 Å². The fraction of sp³-hybridized carbons (Fsp3) is 0.400. The lowest BCUT2D eigenvalue weighted by molar-refractivity contribution is 0.192.